The number of hydrogen-bond donors (Lipinski definition) is 2. The van der Waals surface area contributed by atoms with Gasteiger partial charge in [0.25, 0.3) is 0 Å². The van der Waals surface area contributed by atoms with Gasteiger partial charge in [-0.25, -0.2) is 0 Å². The van der Waals surface area contributed by atoms with E-state index in [0.717, 1.165) is 19.5 Å². The van der Waals surface area contributed by atoms with Gasteiger partial charge in [0.2, 0.25) is 0 Å². The van der Waals surface area contributed by atoms with Crippen LogP contribution in [0.25, 0.3) is 0 Å². The van der Waals surface area contributed by atoms with Crippen LogP contribution in [-0.4, -0.2) is 17.6 Å². The smallest absolute Gasteiger partial charge is 0.164 e. The van der Waals surface area contributed by atoms with Gasteiger partial charge in [0, 0.05) is 22.3 Å². The molecule has 0 bridgehead atoms. The van der Waals surface area contributed by atoms with Gasteiger partial charge in [-0.3, -0.25) is 0 Å². The van der Waals surface area contributed by atoms with Gasteiger partial charge in [-0.1, -0.05) is 18.2 Å². The molecule has 0 unspecified atom stereocenters. The van der Waals surface area contributed by atoms with E-state index < -0.39 is 11.4 Å². The highest BCUT2D eigenvalue weighted by atomic mass is 32.2. The van der Waals surface area contributed by atoms with Crippen molar-refractivity contribution in [1.29, 1.82) is 0 Å². The van der Waals surface area contributed by atoms with Crippen molar-refractivity contribution in [2.75, 3.05) is 13.1 Å². The van der Waals surface area contributed by atoms with Gasteiger partial charge in [-0.05, 0) is 57.3 Å². The van der Waals surface area contributed by atoms with Gasteiger partial charge < -0.3 is 9.87 Å². The lowest BCUT2D eigenvalue weighted by Crippen LogP contribution is -2.52. The Balaban J connectivity index is 1.87. The predicted octanol–water partition coefficient (Wildman–Crippen LogP) is 2.16. The summed E-state index contributed by atoms with van der Waals surface area (Å²) in [6.07, 6.45) is 3.50. The first-order valence-electron chi connectivity index (χ1n) is 7.56. The second-order valence-corrected chi connectivity index (χ2v) is 8.79. The van der Waals surface area contributed by atoms with E-state index in [-0.39, 0.29) is 16.2 Å². The Hall–Kier alpha value is -0.550. The molecule has 0 radical (unpaired) electrons. The average Bonchev–Trinajstić information content (AvgIpc) is 2.72. The van der Waals surface area contributed by atoms with Gasteiger partial charge in [0.05, 0.1) is 6.04 Å². The third kappa shape index (κ3) is 1.59. The maximum absolute atomic E-state index is 12.7. The van der Waals surface area contributed by atoms with Crippen molar-refractivity contribution >= 4 is 11.4 Å². The lowest BCUT2D eigenvalue weighted by molar-refractivity contribution is 0.161. The molecule has 1 aliphatic carbocycles. The molecule has 1 spiro atoms. The molecular weight excluding hydrogens is 268 g/mol. The first-order valence-corrected chi connectivity index (χ1v) is 8.71. The van der Waals surface area contributed by atoms with Crippen LogP contribution in [0.4, 0.5) is 0 Å². The summed E-state index contributed by atoms with van der Waals surface area (Å²) in [5.41, 5.74) is 4.51. The minimum absolute atomic E-state index is 0.274. The molecule has 2 aliphatic heterocycles. The molecule has 1 fully saturated rings. The fraction of sp³-hybridized carbons (Fsp3) is 0.625. The second-order valence-electron chi connectivity index (χ2n) is 7.00. The lowest BCUT2D eigenvalue weighted by Gasteiger charge is -2.44. The van der Waals surface area contributed by atoms with Gasteiger partial charge in [-0.2, -0.15) is 0 Å². The molecule has 3 aliphatic rings. The Kier molecular flexibility index (Phi) is 2.78. The van der Waals surface area contributed by atoms with Crippen molar-refractivity contribution in [2.24, 2.45) is 5.41 Å². The predicted molar refractivity (Wildman–Crippen MR) is 81.7 cm³/mol. The van der Waals surface area contributed by atoms with Crippen LogP contribution in [0.1, 0.15) is 49.4 Å². The summed E-state index contributed by atoms with van der Waals surface area (Å²) in [4.78, 5) is 0. The largest absolute Gasteiger partial charge is 0.597 e. The first kappa shape index (κ1) is 13.1. The highest BCUT2D eigenvalue weighted by Gasteiger charge is 2.55. The molecule has 2 atom stereocenters. The van der Waals surface area contributed by atoms with Crippen LogP contribution in [0.5, 0.6) is 0 Å². The Bertz CT molecular complexity index is 551. The van der Waals surface area contributed by atoms with Gasteiger partial charge in [-0.15, -0.1) is 4.72 Å². The van der Waals surface area contributed by atoms with Crippen molar-refractivity contribution in [2.45, 2.75) is 43.9 Å². The molecular formula is C16H22N2OS. The number of nitrogens with one attached hydrogen (secondary N) is 2. The molecule has 20 heavy (non-hydrogen) atoms. The Morgan fingerprint density at radius 3 is 2.75 bits per heavy atom. The summed E-state index contributed by atoms with van der Waals surface area (Å²) in [5.74, 6) is 0. The maximum Gasteiger partial charge on any atom is 0.164 e. The van der Waals surface area contributed by atoms with E-state index in [0.29, 0.717) is 0 Å². The van der Waals surface area contributed by atoms with Crippen LogP contribution < -0.4 is 10.0 Å². The zero-order valence-electron chi connectivity index (χ0n) is 12.2. The summed E-state index contributed by atoms with van der Waals surface area (Å²) in [7, 11) is 0. The third-order valence-corrected chi connectivity index (χ3v) is 7.17. The van der Waals surface area contributed by atoms with E-state index in [1.54, 1.807) is 0 Å². The fourth-order valence-electron chi connectivity index (χ4n) is 4.35. The number of rotatable bonds is 0. The number of piperidine rings is 1. The zero-order chi connectivity index (χ0) is 14.0. The van der Waals surface area contributed by atoms with E-state index in [1.807, 2.05) is 0 Å². The van der Waals surface area contributed by atoms with E-state index >= 15 is 0 Å². The molecule has 1 aromatic carbocycles. The normalized spacial score (nSPS) is 33.1. The fourth-order valence-corrected chi connectivity index (χ4v) is 5.60. The molecule has 4 rings (SSSR count). The topological polar surface area (TPSA) is 47.1 Å². The molecule has 1 saturated heterocycles. The van der Waals surface area contributed by atoms with Crippen molar-refractivity contribution in [1.82, 2.24) is 10.0 Å². The summed E-state index contributed by atoms with van der Waals surface area (Å²) in [5, 5.41) is 3.46. The van der Waals surface area contributed by atoms with Crippen molar-refractivity contribution in [3.8, 4) is 0 Å². The van der Waals surface area contributed by atoms with Crippen LogP contribution in [0.15, 0.2) is 18.2 Å². The molecule has 2 heterocycles. The number of hydrogen-bond acceptors (Lipinski definition) is 3. The van der Waals surface area contributed by atoms with Gasteiger partial charge in [0.15, 0.2) is 4.75 Å². The van der Waals surface area contributed by atoms with Gasteiger partial charge >= 0.3 is 0 Å². The molecule has 3 nitrogen and oxygen atoms in total. The number of fused-ring (bicyclic) bond motifs is 1. The SMILES string of the molecule is CC1(C)c2cccc3c2[C@@H](N[S@@+]1[O-])C1(CCNCC1)C3. The van der Waals surface area contributed by atoms with Crippen LogP contribution in [-0.2, 0) is 22.5 Å². The van der Waals surface area contributed by atoms with Crippen LogP contribution in [0.2, 0.25) is 0 Å². The third-order valence-electron chi connectivity index (χ3n) is 5.58. The van der Waals surface area contributed by atoms with Crippen LogP contribution in [0.3, 0.4) is 0 Å². The standard InChI is InChI=1S/C16H22N2OS/c1-15(2)12-5-3-4-11-10-16(6-8-17-9-7-16)14(13(11)12)18-20(15)19/h3-5,14,17-18H,6-10H2,1-2H3/t14-,20+/m1/s1. The van der Waals surface area contributed by atoms with Crippen molar-refractivity contribution in [3.05, 3.63) is 34.9 Å². The molecule has 1 aromatic rings. The summed E-state index contributed by atoms with van der Waals surface area (Å²) >= 11 is -1.01. The van der Waals surface area contributed by atoms with E-state index in [4.69, 9.17) is 0 Å². The monoisotopic (exact) mass is 290 g/mol. The lowest BCUT2D eigenvalue weighted by atomic mass is 9.73. The zero-order valence-corrected chi connectivity index (χ0v) is 13.0. The van der Waals surface area contributed by atoms with E-state index in [9.17, 15) is 4.55 Å². The molecule has 2 N–H and O–H groups in total. The summed E-state index contributed by atoms with van der Waals surface area (Å²) in [6.45, 7) is 6.35. The Labute approximate surface area is 123 Å². The quantitative estimate of drug-likeness (QED) is 0.720. The Morgan fingerprint density at radius 2 is 2.00 bits per heavy atom. The van der Waals surface area contributed by atoms with Crippen molar-refractivity contribution < 1.29 is 4.55 Å². The van der Waals surface area contributed by atoms with E-state index in [1.165, 1.54) is 29.5 Å². The minimum Gasteiger partial charge on any atom is -0.597 e. The number of benzene rings is 1. The molecule has 0 aromatic heterocycles. The summed E-state index contributed by atoms with van der Waals surface area (Å²) in [6, 6.07) is 6.89. The molecule has 0 amide bonds. The highest BCUT2D eigenvalue weighted by Crippen LogP contribution is 2.56. The molecule has 0 saturated carbocycles. The van der Waals surface area contributed by atoms with Gasteiger partial charge in [0.1, 0.15) is 0 Å². The highest BCUT2D eigenvalue weighted by molar-refractivity contribution is 7.90. The average molecular weight is 290 g/mol. The summed E-state index contributed by atoms with van der Waals surface area (Å²) < 4.78 is 15.9. The molecule has 4 heteroatoms. The molecule has 108 valence electrons. The first-order chi connectivity index (χ1) is 9.55. The van der Waals surface area contributed by atoms with E-state index in [2.05, 4.69) is 42.1 Å². The van der Waals surface area contributed by atoms with Crippen LogP contribution >= 0.6 is 0 Å². The van der Waals surface area contributed by atoms with Crippen molar-refractivity contribution in [3.63, 3.8) is 0 Å². The minimum atomic E-state index is -1.01. The second kappa shape index (κ2) is 4.23. The Morgan fingerprint density at radius 1 is 1.25 bits per heavy atom. The van der Waals surface area contributed by atoms with Crippen LogP contribution in [0, 0.1) is 5.41 Å². The maximum atomic E-state index is 12.7.